The fourth-order valence-electron chi connectivity index (χ4n) is 2.19. The molecule has 0 amide bonds. The highest BCUT2D eigenvalue weighted by Gasteiger charge is 2.16. The minimum atomic E-state index is -0.377. The minimum absolute atomic E-state index is 0.0938. The zero-order chi connectivity index (χ0) is 13.7. The molecule has 4 nitrogen and oxygen atoms in total. The number of hydrogen-bond donors (Lipinski definition) is 1. The Kier molecular flexibility index (Phi) is 5.48. The van der Waals surface area contributed by atoms with Gasteiger partial charge in [0.25, 0.3) is 5.69 Å². The summed E-state index contributed by atoms with van der Waals surface area (Å²) in [5.41, 5.74) is 0.784. The molecule has 1 N–H and O–H groups in total. The summed E-state index contributed by atoms with van der Waals surface area (Å²) in [4.78, 5) is 10.6. The molecule has 1 fully saturated rings. The summed E-state index contributed by atoms with van der Waals surface area (Å²) in [5, 5.41) is 15.3. The number of nitrogens with zero attached hydrogens (tertiary/aromatic N) is 1. The van der Waals surface area contributed by atoms with Crippen LogP contribution in [0.3, 0.4) is 0 Å². The fraction of sp³-hybridized carbons (Fsp3) is 0.538. The second-order valence-electron chi connectivity index (χ2n) is 4.65. The van der Waals surface area contributed by atoms with E-state index in [1.165, 1.54) is 31.1 Å². The highest BCUT2D eigenvalue weighted by atomic mass is 35.5. The van der Waals surface area contributed by atoms with E-state index in [1.807, 2.05) is 11.8 Å². The Morgan fingerprint density at radius 1 is 1.47 bits per heavy atom. The Labute approximate surface area is 122 Å². The second kappa shape index (κ2) is 7.12. The van der Waals surface area contributed by atoms with Crippen LogP contribution in [-0.4, -0.2) is 22.5 Å². The van der Waals surface area contributed by atoms with Gasteiger partial charge in [0.05, 0.1) is 4.92 Å². The van der Waals surface area contributed by atoms with Crippen LogP contribution in [0, 0.1) is 10.1 Å². The topological polar surface area (TPSA) is 55.2 Å². The van der Waals surface area contributed by atoms with E-state index in [1.54, 1.807) is 12.1 Å². The molecular formula is C13H17ClN2O2S. The van der Waals surface area contributed by atoms with E-state index < -0.39 is 0 Å². The van der Waals surface area contributed by atoms with Crippen LogP contribution in [0.25, 0.3) is 0 Å². The Morgan fingerprint density at radius 3 is 3.00 bits per heavy atom. The zero-order valence-corrected chi connectivity index (χ0v) is 12.2. The monoisotopic (exact) mass is 300 g/mol. The molecule has 6 heteroatoms. The van der Waals surface area contributed by atoms with Crippen molar-refractivity contribution in [3.63, 3.8) is 0 Å². The van der Waals surface area contributed by atoms with Gasteiger partial charge < -0.3 is 5.32 Å². The van der Waals surface area contributed by atoms with Gasteiger partial charge in [-0.05, 0) is 30.7 Å². The van der Waals surface area contributed by atoms with Crippen LogP contribution >= 0.6 is 23.4 Å². The molecule has 1 saturated heterocycles. The Hall–Kier alpha value is -0.780. The molecule has 0 aliphatic carbocycles. The van der Waals surface area contributed by atoms with Gasteiger partial charge in [-0.2, -0.15) is 11.8 Å². The van der Waals surface area contributed by atoms with Crippen LogP contribution < -0.4 is 5.32 Å². The predicted octanol–water partition coefficient (Wildman–Crippen LogP) is 3.62. The third-order valence-corrected chi connectivity index (χ3v) is 4.84. The van der Waals surface area contributed by atoms with Crippen molar-refractivity contribution in [2.45, 2.75) is 31.1 Å². The standard InChI is InChI=1S/C13H17ClN2O2S/c14-11-5-4-10(13(7-11)16(17)18)8-15-9-12-3-1-2-6-19-12/h4-5,7,12,15H,1-3,6,8-9H2. The smallest absolute Gasteiger partial charge is 0.275 e. The van der Waals surface area contributed by atoms with Gasteiger partial charge in [0, 0.05) is 35.0 Å². The van der Waals surface area contributed by atoms with Crippen LogP contribution in [-0.2, 0) is 6.54 Å². The third kappa shape index (κ3) is 4.37. The number of halogens is 1. The van der Waals surface area contributed by atoms with Gasteiger partial charge in [-0.1, -0.05) is 18.0 Å². The van der Waals surface area contributed by atoms with E-state index in [9.17, 15) is 10.1 Å². The highest BCUT2D eigenvalue weighted by molar-refractivity contribution is 7.99. The molecular weight excluding hydrogens is 284 g/mol. The van der Waals surface area contributed by atoms with Crippen molar-refractivity contribution in [1.82, 2.24) is 5.32 Å². The molecule has 2 rings (SSSR count). The summed E-state index contributed by atoms with van der Waals surface area (Å²) in [6.45, 7) is 1.43. The lowest BCUT2D eigenvalue weighted by atomic mass is 10.1. The van der Waals surface area contributed by atoms with Crippen LogP contribution in [0.1, 0.15) is 24.8 Å². The van der Waals surface area contributed by atoms with Crippen LogP contribution in [0.2, 0.25) is 5.02 Å². The molecule has 1 aliphatic rings. The molecule has 0 spiro atoms. The number of nitrogens with one attached hydrogen (secondary N) is 1. The lowest BCUT2D eigenvalue weighted by Gasteiger charge is -2.21. The first-order valence-corrected chi connectivity index (χ1v) is 7.84. The lowest BCUT2D eigenvalue weighted by Crippen LogP contribution is -2.26. The number of rotatable bonds is 5. The van der Waals surface area contributed by atoms with E-state index >= 15 is 0 Å². The first-order valence-electron chi connectivity index (χ1n) is 6.42. The van der Waals surface area contributed by atoms with Gasteiger partial charge in [-0.3, -0.25) is 10.1 Å². The number of benzene rings is 1. The first-order chi connectivity index (χ1) is 9.16. The number of nitro groups is 1. The van der Waals surface area contributed by atoms with Gasteiger partial charge in [0.2, 0.25) is 0 Å². The predicted molar refractivity (Wildman–Crippen MR) is 79.9 cm³/mol. The molecule has 0 radical (unpaired) electrons. The first kappa shape index (κ1) is 14.6. The summed E-state index contributed by atoms with van der Waals surface area (Å²) in [7, 11) is 0. The summed E-state index contributed by atoms with van der Waals surface area (Å²) in [5.74, 6) is 1.23. The Morgan fingerprint density at radius 2 is 2.32 bits per heavy atom. The lowest BCUT2D eigenvalue weighted by molar-refractivity contribution is -0.385. The van der Waals surface area contributed by atoms with Crippen molar-refractivity contribution in [2.24, 2.45) is 0 Å². The largest absolute Gasteiger partial charge is 0.311 e. The average Bonchev–Trinajstić information content (AvgIpc) is 2.41. The Balaban J connectivity index is 1.89. The molecule has 104 valence electrons. The van der Waals surface area contributed by atoms with Gasteiger partial charge >= 0.3 is 0 Å². The Bertz CT molecular complexity index is 450. The number of thioether (sulfide) groups is 1. The van der Waals surface area contributed by atoms with Crippen LogP contribution in [0.4, 0.5) is 5.69 Å². The van der Waals surface area contributed by atoms with E-state index in [0.29, 0.717) is 22.4 Å². The maximum atomic E-state index is 11.0. The highest BCUT2D eigenvalue weighted by Crippen LogP contribution is 2.25. The normalized spacial score (nSPS) is 19.3. The minimum Gasteiger partial charge on any atom is -0.311 e. The molecule has 0 bridgehead atoms. The SMILES string of the molecule is O=[N+]([O-])c1cc(Cl)ccc1CNCC1CCCCS1. The molecule has 0 saturated carbocycles. The average molecular weight is 301 g/mol. The van der Waals surface area contributed by atoms with Gasteiger partial charge in [0.15, 0.2) is 0 Å². The molecule has 1 aromatic carbocycles. The summed E-state index contributed by atoms with van der Waals surface area (Å²) < 4.78 is 0. The van der Waals surface area contributed by atoms with E-state index in [0.717, 1.165) is 6.54 Å². The van der Waals surface area contributed by atoms with Crippen molar-refractivity contribution in [3.05, 3.63) is 38.9 Å². The maximum absolute atomic E-state index is 11.0. The molecule has 1 atom stereocenters. The van der Waals surface area contributed by atoms with E-state index in [2.05, 4.69) is 5.32 Å². The van der Waals surface area contributed by atoms with Crippen LogP contribution in [0.15, 0.2) is 18.2 Å². The summed E-state index contributed by atoms with van der Waals surface area (Å²) >= 11 is 7.78. The zero-order valence-electron chi connectivity index (χ0n) is 10.6. The summed E-state index contributed by atoms with van der Waals surface area (Å²) in [6, 6.07) is 4.83. The maximum Gasteiger partial charge on any atom is 0.275 e. The van der Waals surface area contributed by atoms with Crippen molar-refractivity contribution < 1.29 is 4.92 Å². The van der Waals surface area contributed by atoms with Crippen molar-refractivity contribution in [1.29, 1.82) is 0 Å². The van der Waals surface area contributed by atoms with Crippen LogP contribution in [0.5, 0.6) is 0 Å². The van der Waals surface area contributed by atoms with Gasteiger partial charge in [0.1, 0.15) is 0 Å². The van der Waals surface area contributed by atoms with Crippen molar-refractivity contribution in [2.75, 3.05) is 12.3 Å². The molecule has 0 aromatic heterocycles. The van der Waals surface area contributed by atoms with E-state index in [-0.39, 0.29) is 10.6 Å². The molecule has 1 aromatic rings. The second-order valence-corrected chi connectivity index (χ2v) is 6.49. The fourth-order valence-corrected chi connectivity index (χ4v) is 3.63. The molecule has 19 heavy (non-hydrogen) atoms. The number of hydrogen-bond acceptors (Lipinski definition) is 4. The molecule has 1 heterocycles. The quantitative estimate of drug-likeness (QED) is 0.666. The van der Waals surface area contributed by atoms with Crippen molar-refractivity contribution >= 4 is 29.1 Å². The van der Waals surface area contributed by atoms with Gasteiger partial charge in [-0.25, -0.2) is 0 Å². The van der Waals surface area contributed by atoms with E-state index in [4.69, 9.17) is 11.6 Å². The summed E-state index contributed by atoms with van der Waals surface area (Å²) in [6.07, 6.45) is 3.84. The number of nitro benzene ring substituents is 1. The molecule has 1 aliphatic heterocycles. The van der Waals surface area contributed by atoms with Gasteiger partial charge in [-0.15, -0.1) is 0 Å². The molecule has 1 unspecified atom stereocenters. The third-order valence-electron chi connectivity index (χ3n) is 3.21. The van der Waals surface area contributed by atoms with Crippen molar-refractivity contribution in [3.8, 4) is 0 Å².